The van der Waals surface area contributed by atoms with E-state index in [1.165, 1.54) is 0 Å². The van der Waals surface area contributed by atoms with Crippen LogP contribution in [0.4, 0.5) is 0 Å². The van der Waals surface area contributed by atoms with E-state index in [1.54, 1.807) is 47.5 Å². The molecule has 144 valence electrons. The maximum Gasteiger partial charge on any atom is 0.257 e. The predicted molar refractivity (Wildman–Crippen MR) is 105 cm³/mol. The maximum atomic E-state index is 13.1. The Kier molecular flexibility index (Phi) is 5.00. The number of benzene rings is 1. The largest absolute Gasteiger partial charge is 0.437 e. The fourth-order valence-corrected chi connectivity index (χ4v) is 3.60. The number of carbonyl (C=O) groups excluding carboxylic acids is 1. The number of hydrogen-bond acceptors (Lipinski definition) is 5. The van der Waals surface area contributed by atoms with Crippen LogP contribution in [0.2, 0.25) is 5.02 Å². The van der Waals surface area contributed by atoms with Crippen molar-refractivity contribution < 1.29 is 9.53 Å². The first kappa shape index (κ1) is 18.4. The van der Waals surface area contributed by atoms with E-state index in [4.69, 9.17) is 16.3 Å². The number of aryl methyl sites for hydroxylation is 2. The Morgan fingerprint density at radius 1 is 1.25 bits per heavy atom. The van der Waals surface area contributed by atoms with Gasteiger partial charge in [-0.2, -0.15) is 5.10 Å². The molecule has 0 saturated carbocycles. The molecule has 1 fully saturated rings. The molecule has 1 saturated heterocycles. The molecule has 0 unspecified atom stereocenters. The summed E-state index contributed by atoms with van der Waals surface area (Å²) >= 11 is 5.91. The zero-order valence-corrected chi connectivity index (χ0v) is 16.4. The number of likely N-dealkylation sites (tertiary alicyclic amines) is 1. The molecule has 1 amide bonds. The van der Waals surface area contributed by atoms with Crippen LogP contribution in [0.5, 0.6) is 11.6 Å². The van der Waals surface area contributed by atoms with Crippen LogP contribution in [0.15, 0.2) is 42.9 Å². The maximum absolute atomic E-state index is 13.1. The molecule has 0 bridgehead atoms. The first-order valence-corrected chi connectivity index (χ1v) is 9.45. The smallest absolute Gasteiger partial charge is 0.257 e. The van der Waals surface area contributed by atoms with Crippen LogP contribution in [0.1, 0.15) is 40.6 Å². The molecule has 28 heavy (non-hydrogen) atoms. The van der Waals surface area contributed by atoms with Gasteiger partial charge in [-0.05, 0) is 44.0 Å². The molecule has 1 aliphatic heterocycles. The first-order chi connectivity index (χ1) is 13.5. The molecule has 2 aromatic heterocycles. The molecule has 0 aliphatic carbocycles. The van der Waals surface area contributed by atoms with Gasteiger partial charge >= 0.3 is 0 Å². The Bertz CT molecular complexity index is 1000. The van der Waals surface area contributed by atoms with Gasteiger partial charge in [0.15, 0.2) is 0 Å². The van der Waals surface area contributed by atoms with Gasteiger partial charge in [0, 0.05) is 24.8 Å². The quantitative estimate of drug-likeness (QED) is 0.666. The zero-order chi connectivity index (χ0) is 19.7. The van der Waals surface area contributed by atoms with E-state index in [0.717, 1.165) is 24.2 Å². The van der Waals surface area contributed by atoms with Gasteiger partial charge < -0.3 is 9.64 Å². The molecule has 0 spiro atoms. The van der Waals surface area contributed by atoms with Crippen LogP contribution >= 0.6 is 11.6 Å². The summed E-state index contributed by atoms with van der Waals surface area (Å²) in [6.07, 6.45) is 6.77. The molecular formula is C20H20ClN5O2. The van der Waals surface area contributed by atoms with Crippen molar-refractivity contribution in [1.82, 2.24) is 24.6 Å². The molecular weight excluding hydrogens is 378 g/mol. The third-order valence-corrected chi connectivity index (χ3v) is 5.02. The Balaban J connectivity index is 1.56. The van der Waals surface area contributed by atoms with E-state index >= 15 is 0 Å². The monoisotopic (exact) mass is 397 g/mol. The number of carbonyl (C=O) groups is 1. The molecule has 0 N–H and O–H groups in total. The van der Waals surface area contributed by atoms with Gasteiger partial charge in [-0.25, -0.2) is 4.98 Å². The van der Waals surface area contributed by atoms with Gasteiger partial charge in [0.05, 0.1) is 35.4 Å². The molecule has 1 aliphatic rings. The summed E-state index contributed by atoms with van der Waals surface area (Å²) in [6.45, 7) is 2.53. The van der Waals surface area contributed by atoms with Gasteiger partial charge in [-0.1, -0.05) is 11.6 Å². The van der Waals surface area contributed by atoms with Gasteiger partial charge in [-0.15, -0.1) is 0 Å². The summed E-state index contributed by atoms with van der Waals surface area (Å²) in [6, 6.07) is 6.91. The highest BCUT2D eigenvalue weighted by Gasteiger charge is 2.33. The highest BCUT2D eigenvalue weighted by atomic mass is 35.5. The van der Waals surface area contributed by atoms with E-state index in [1.807, 2.05) is 18.9 Å². The van der Waals surface area contributed by atoms with E-state index in [9.17, 15) is 4.79 Å². The number of nitrogens with zero attached hydrogens (tertiary/aromatic N) is 5. The minimum atomic E-state index is -0.131. The number of aromatic nitrogens is 4. The Hall–Kier alpha value is -2.93. The molecule has 4 rings (SSSR count). The van der Waals surface area contributed by atoms with E-state index < -0.39 is 0 Å². The summed E-state index contributed by atoms with van der Waals surface area (Å²) in [5.74, 6) is 0.983. The summed E-state index contributed by atoms with van der Waals surface area (Å²) < 4.78 is 7.45. The Labute approximate surface area is 167 Å². The second-order valence-electron chi connectivity index (χ2n) is 6.80. The summed E-state index contributed by atoms with van der Waals surface area (Å²) in [7, 11) is 1.81. The van der Waals surface area contributed by atoms with Crippen molar-refractivity contribution in [2.75, 3.05) is 6.54 Å². The predicted octanol–water partition coefficient (Wildman–Crippen LogP) is 3.94. The number of halogens is 1. The number of amides is 1. The van der Waals surface area contributed by atoms with Gasteiger partial charge in [-0.3, -0.25) is 14.5 Å². The molecule has 1 atom stereocenters. The molecule has 1 aromatic carbocycles. The van der Waals surface area contributed by atoms with Crippen molar-refractivity contribution in [3.05, 3.63) is 64.8 Å². The van der Waals surface area contributed by atoms with Crippen LogP contribution in [-0.4, -0.2) is 37.1 Å². The normalized spacial score (nSPS) is 16.4. The van der Waals surface area contributed by atoms with Crippen molar-refractivity contribution in [1.29, 1.82) is 0 Å². The fourth-order valence-electron chi connectivity index (χ4n) is 3.48. The summed E-state index contributed by atoms with van der Waals surface area (Å²) in [5.41, 5.74) is 2.07. The van der Waals surface area contributed by atoms with E-state index in [0.29, 0.717) is 28.8 Å². The highest BCUT2D eigenvalue weighted by Crippen LogP contribution is 2.33. The Morgan fingerprint density at radius 2 is 2.04 bits per heavy atom. The van der Waals surface area contributed by atoms with Crippen molar-refractivity contribution in [2.45, 2.75) is 25.8 Å². The molecule has 3 aromatic rings. The third kappa shape index (κ3) is 3.71. The average molecular weight is 398 g/mol. The van der Waals surface area contributed by atoms with Crippen LogP contribution < -0.4 is 4.74 Å². The number of rotatable bonds is 4. The van der Waals surface area contributed by atoms with Crippen LogP contribution in [0, 0.1) is 6.92 Å². The number of ether oxygens (including phenoxy) is 1. The molecule has 7 nitrogen and oxygen atoms in total. The van der Waals surface area contributed by atoms with Crippen LogP contribution in [0.25, 0.3) is 0 Å². The second-order valence-corrected chi connectivity index (χ2v) is 7.23. The summed E-state index contributed by atoms with van der Waals surface area (Å²) in [4.78, 5) is 23.8. The standard InChI is InChI=1S/C20H20ClN5O2/c1-13-16(12-25(2)24-13)20(27)26-9-3-4-18(26)17-10-22-11-19(23-17)28-15-7-5-14(21)6-8-15/h5-8,10-12,18H,3-4,9H2,1-2H3/t18-/m1/s1. The van der Waals surface area contributed by atoms with Gasteiger partial charge in [0.2, 0.25) is 5.88 Å². The SMILES string of the molecule is Cc1nn(C)cc1C(=O)N1CCC[C@@H]1c1cncc(Oc2ccc(Cl)cc2)n1. The minimum Gasteiger partial charge on any atom is -0.437 e. The summed E-state index contributed by atoms with van der Waals surface area (Å²) in [5, 5.41) is 4.92. The highest BCUT2D eigenvalue weighted by molar-refractivity contribution is 6.30. The van der Waals surface area contributed by atoms with Crippen molar-refractivity contribution in [3.8, 4) is 11.6 Å². The van der Waals surface area contributed by atoms with E-state index in [2.05, 4.69) is 15.1 Å². The molecule has 0 radical (unpaired) electrons. The molecule has 8 heteroatoms. The fraction of sp³-hybridized carbons (Fsp3) is 0.300. The lowest BCUT2D eigenvalue weighted by Gasteiger charge is -2.24. The van der Waals surface area contributed by atoms with Crippen LogP contribution in [0.3, 0.4) is 0 Å². The Morgan fingerprint density at radius 3 is 2.75 bits per heavy atom. The molecule has 3 heterocycles. The second kappa shape index (κ2) is 7.59. The zero-order valence-electron chi connectivity index (χ0n) is 15.7. The lowest BCUT2D eigenvalue weighted by molar-refractivity contribution is 0.0731. The lowest BCUT2D eigenvalue weighted by Crippen LogP contribution is -2.31. The van der Waals surface area contributed by atoms with Crippen molar-refractivity contribution >= 4 is 17.5 Å². The average Bonchev–Trinajstić information content (AvgIpc) is 3.30. The van der Waals surface area contributed by atoms with Gasteiger partial charge in [0.25, 0.3) is 5.91 Å². The first-order valence-electron chi connectivity index (χ1n) is 9.08. The minimum absolute atomic E-state index is 0.0288. The van der Waals surface area contributed by atoms with E-state index in [-0.39, 0.29) is 11.9 Å². The third-order valence-electron chi connectivity index (χ3n) is 4.77. The van der Waals surface area contributed by atoms with Crippen molar-refractivity contribution in [3.63, 3.8) is 0 Å². The van der Waals surface area contributed by atoms with Gasteiger partial charge in [0.1, 0.15) is 5.75 Å². The van der Waals surface area contributed by atoms with Crippen molar-refractivity contribution in [2.24, 2.45) is 7.05 Å². The lowest BCUT2D eigenvalue weighted by atomic mass is 10.1. The van der Waals surface area contributed by atoms with Crippen LogP contribution in [-0.2, 0) is 7.05 Å². The topological polar surface area (TPSA) is 73.1 Å². The number of hydrogen-bond donors (Lipinski definition) is 0.